The maximum atomic E-state index is 12.5. The van der Waals surface area contributed by atoms with Gasteiger partial charge in [0.15, 0.2) is 0 Å². The number of benzene rings is 1. The molecule has 118 valence electrons. The number of ether oxygens (including phenoxy) is 1. The van der Waals surface area contributed by atoms with Gasteiger partial charge in [0, 0.05) is 19.0 Å². The van der Waals surface area contributed by atoms with Crippen molar-refractivity contribution < 1.29 is 14.6 Å². The molecule has 0 saturated heterocycles. The standard InChI is InChI=1S/C16H20N2O3S/c1-12(19)7-8-18(2)16(20)14-5-3-4-6-15(14)21-9-13-10-22-11-17-13/h3-6,10-12,19H,7-9H2,1-2H3. The first-order valence-electron chi connectivity index (χ1n) is 7.10. The maximum absolute atomic E-state index is 12.5. The molecule has 0 bridgehead atoms. The van der Waals surface area contributed by atoms with Gasteiger partial charge < -0.3 is 14.7 Å². The van der Waals surface area contributed by atoms with E-state index < -0.39 is 6.10 Å². The Labute approximate surface area is 134 Å². The Kier molecular flexibility index (Phi) is 5.91. The number of aliphatic hydroxyl groups excluding tert-OH is 1. The molecule has 1 aromatic carbocycles. The Balaban J connectivity index is 2.04. The summed E-state index contributed by atoms with van der Waals surface area (Å²) in [6.45, 7) is 2.55. The molecule has 6 heteroatoms. The number of para-hydroxylation sites is 1. The van der Waals surface area contributed by atoms with Crippen molar-refractivity contribution in [2.24, 2.45) is 0 Å². The fraction of sp³-hybridized carbons (Fsp3) is 0.375. The van der Waals surface area contributed by atoms with Gasteiger partial charge in [0.1, 0.15) is 12.4 Å². The molecule has 2 rings (SSSR count). The number of carbonyl (C=O) groups is 1. The van der Waals surface area contributed by atoms with E-state index in [1.54, 1.807) is 36.5 Å². The number of amides is 1. The van der Waals surface area contributed by atoms with Gasteiger partial charge in [-0.3, -0.25) is 4.79 Å². The van der Waals surface area contributed by atoms with Crippen molar-refractivity contribution in [2.75, 3.05) is 13.6 Å². The summed E-state index contributed by atoms with van der Waals surface area (Å²) in [7, 11) is 1.72. The second kappa shape index (κ2) is 7.91. The van der Waals surface area contributed by atoms with Crippen LogP contribution >= 0.6 is 11.3 Å². The van der Waals surface area contributed by atoms with Gasteiger partial charge in [-0.2, -0.15) is 0 Å². The molecule has 0 aliphatic heterocycles. The molecular weight excluding hydrogens is 300 g/mol. The highest BCUT2D eigenvalue weighted by molar-refractivity contribution is 7.07. The normalized spacial score (nSPS) is 12.0. The van der Waals surface area contributed by atoms with Crippen molar-refractivity contribution in [1.29, 1.82) is 0 Å². The molecule has 5 nitrogen and oxygen atoms in total. The van der Waals surface area contributed by atoms with Crippen molar-refractivity contribution in [1.82, 2.24) is 9.88 Å². The molecule has 0 radical (unpaired) electrons. The molecular formula is C16H20N2O3S. The summed E-state index contributed by atoms with van der Waals surface area (Å²) < 4.78 is 5.73. The molecule has 0 saturated carbocycles. The minimum atomic E-state index is -0.425. The van der Waals surface area contributed by atoms with Crippen LogP contribution in [0.2, 0.25) is 0 Å². The molecule has 0 spiro atoms. The second-order valence-corrected chi connectivity index (χ2v) is 5.85. The Morgan fingerprint density at radius 1 is 1.45 bits per heavy atom. The molecule has 1 atom stereocenters. The number of aromatic nitrogens is 1. The van der Waals surface area contributed by atoms with Crippen molar-refractivity contribution >= 4 is 17.2 Å². The average molecular weight is 320 g/mol. The maximum Gasteiger partial charge on any atom is 0.257 e. The van der Waals surface area contributed by atoms with E-state index in [1.165, 1.54) is 11.3 Å². The van der Waals surface area contributed by atoms with Crippen LogP contribution in [0.15, 0.2) is 35.2 Å². The van der Waals surface area contributed by atoms with Gasteiger partial charge in [-0.15, -0.1) is 11.3 Å². The smallest absolute Gasteiger partial charge is 0.257 e. The lowest BCUT2D eigenvalue weighted by atomic mass is 10.1. The van der Waals surface area contributed by atoms with Crippen LogP contribution in [-0.2, 0) is 6.61 Å². The van der Waals surface area contributed by atoms with Gasteiger partial charge in [0.25, 0.3) is 5.91 Å². The SMILES string of the molecule is CC(O)CCN(C)C(=O)c1ccccc1OCc1cscn1. The molecule has 0 aliphatic carbocycles. The first kappa shape index (κ1) is 16.5. The summed E-state index contributed by atoms with van der Waals surface area (Å²) >= 11 is 1.51. The van der Waals surface area contributed by atoms with Crippen LogP contribution in [0.1, 0.15) is 29.4 Å². The number of hydrogen-bond donors (Lipinski definition) is 1. The van der Waals surface area contributed by atoms with Crippen LogP contribution in [0.5, 0.6) is 5.75 Å². The number of hydrogen-bond acceptors (Lipinski definition) is 5. The lowest BCUT2D eigenvalue weighted by Gasteiger charge is -2.19. The molecule has 1 unspecified atom stereocenters. The molecule has 1 amide bonds. The summed E-state index contributed by atoms with van der Waals surface area (Å²) in [4.78, 5) is 18.2. The lowest BCUT2D eigenvalue weighted by Crippen LogP contribution is -2.29. The number of aliphatic hydroxyl groups is 1. The van der Waals surface area contributed by atoms with Gasteiger partial charge in [-0.1, -0.05) is 12.1 Å². The predicted octanol–water partition coefficient (Wildman–Crippen LogP) is 2.57. The fourth-order valence-electron chi connectivity index (χ4n) is 1.92. The molecule has 0 aliphatic rings. The summed E-state index contributed by atoms with van der Waals surface area (Å²) in [5.74, 6) is 0.430. The summed E-state index contributed by atoms with van der Waals surface area (Å²) in [6, 6.07) is 7.17. The zero-order valence-corrected chi connectivity index (χ0v) is 13.5. The lowest BCUT2D eigenvalue weighted by molar-refractivity contribution is 0.0764. The number of nitrogens with zero attached hydrogens (tertiary/aromatic N) is 2. The third-order valence-corrected chi connectivity index (χ3v) is 3.84. The summed E-state index contributed by atoms with van der Waals surface area (Å²) in [5, 5.41) is 11.2. The van der Waals surface area contributed by atoms with Crippen molar-refractivity contribution in [3.05, 3.63) is 46.4 Å². The van der Waals surface area contributed by atoms with Gasteiger partial charge in [0.2, 0.25) is 0 Å². The van der Waals surface area contributed by atoms with E-state index >= 15 is 0 Å². The van der Waals surface area contributed by atoms with E-state index in [-0.39, 0.29) is 5.91 Å². The third-order valence-electron chi connectivity index (χ3n) is 3.21. The van der Waals surface area contributed by atoms with Gasteiger partial charge in [-0.05, 0) is 25.5 Å². The molecule has 2 aromatic rings. The quantitative estimate of drug-likeness (QED) is 0.851. The molecule has 1 N–H and O–H groups in total. The van der Waals surface area contributed by atoms with Crippen LogP contribution in [0.3, 0.4) is 0 Å². The molecule has 1 heterocycles. The highest BCUT2D eigenvalue weighted by Crippen LogP contribution is 2.21. The second-order valence-electron chi connectivity index (χ2n) is 5.13. The third kappa shape index (κ3) is 4.54. The van der Waals surface area contributed by atoms with Crippen molar-refractivity contribution in [3.63, 3.8) is 0 Å². The molecule has 22 heavy (non-hydrogen) atoms. The fourth-order valence-corrected chi connectivity index (χ4v) is 2.46. The topological polar surface area (TPSA) is 62.7 Å². The van der Waals surface area contributed by atoms with E-state index in [1.807, 2.05) is 17.5 Å². The number of thiazole rings is 1. The molecule has 0 fully saturated rings. The Morgan fingerprint density at radius 2 is 2.23 bits per heavy atom. The first-order chi connectivity index (χ1) is 10.6. The van der Waals surface area contributed by atoms with E-state index in [0.717, 1.165) is 5.69 Å². The molecule has 1 aromatic heterocycles. The minimum Gasteiger partial charge on any atom is -0.486 e. The number of carbonyl (C=O) groups excluding carboxylic acids is 1. The van der Waals surface area contributed by atoms with E-state index in [0.29, 0.717) is 30.9 Å². The van der Waals surface area contributed by atoms with Gasteiger partial charge in [0.05, 0.1) is 22.9 Å². The van der Waals surface area contributed by atoms with Crippen molar-refractivity contribution in [2.45, 2.75) is 26.1 Å². The average Bonchev–Trinajstić information content (AvgIpc) is 3.03. The van der Waals surface area contributed by atoms with Crippen LogP contribution < -0.4 is 4.74 Å². The highest BCUT2D eigenvalue weighted by Gasteiger charge is 2.17. The van der Waals surface area contributed by atoms with E-state index in [2.05, 4.69) is 4.98 Å². The Morgan fingerprint density at radius 3 is 2.91 bits per heavy atom. The Hall–Kier alpha value is -1.92. The minimum absolute atomic E-state index is 0.116. The van der Waals surface area contributed by atoms with Crippen molar-refractivity contribution in [3.8, 4) is 5.75 Å². The highest BCUT2D eigenvalue weighted by atomic mass is 32.1. The first-order valence-corrected chi connectivity index (χ1v) is 8.04. The summed E-state index contributed by atoms with van der Waals surface area (Å²) in [5.41, 5.74) is 3.11. The van der Waals surface area contributed by atoms with Crippen LogP contribution in [0.25, 0.3) is 0 Å². The summed E-state index contributed by atoms with van der Waals surface area (Å²) in [6.07, 6.45) is 0.121. The van der Waals surface area contributed by atoms with E-state index in [9.17, 15) is 9.90 Å². The van der Waals surface area contributed by atoms with Gasteiger partial charge in [-0.25, -0.2) is 4.98 Å². The predicted molar refractivity (Wildman–Crippen MR) is 86.1 cm³/mol. The van der Waals surface area contributed by atoms with Crippen LogP contribution in [0.4, 0.5) is 0 Å². The zero-order valence-electron chi connectivity index (χ0n) is 12.7. The monoisotopic (exact) mass is 320 g/mol. The largest absolute Gasteiger partial charge is 0.486 e. The van der Waals surface area contributed by atoms with E-state index in [4.69, 9.17) is 4.74 Å². The van der Waals surface area contributed by atoms with Gasteiger partial charge >= 0.3 is 0 Å². The number of rotatable bonds is 7. The Bertz CT molecular complexity index is 599. The zero-order chi connectivity index (χ0) is 15.9. The van der Waals surface area contributed by atoms with Crippen LogP contribution in [0, 0.1) is 0 Å². The van der Waals surface area contributed by atoms with Crippen LogP contribution in [-0.4, -0.2) is 40.6 Å².